The molecule has 1 N–H and O–H groups in total. The van der Waals surface area contributed by atoms with Gasteiger partial charge in [0.05, 0.1) is 41.6 Å². The lowest BCUT2D eigenvalue weighted by atomic mass is 10.1. The van der Waals surface area contributed by atoms with Crippen LogP contribution in [-0.2, 0) is 9.59 Å². The van der Waals surface area contributed by atoms with E-state index in [1.165, 1.54) is 0 Å². The van der Waals surface area contributed by atoms with Gasteiger partial charge in [0.25, 0.3) is 0 Å². The van der Waals surface area contributed by atoms with Gasteiger partial charge in [-0.2, -0.15) is 0 Å². The molecule has 0 spiro atoms. The van der Waals surface area contributed by atoms with Crippen LogP contribution >= 0.6 is 0 Å². The predicted molar refractivity (Wildman–Crippen MR) is 127 cm³/mol. The zero-order chi connectivity index (χ0) is 22.8. The van der Waals surface area contributed by atoms with Crippen LogP contribution < -0.4 is 15.0 Å². The van der Waals surface area contributed by atoms with Gasteiger partial charge < -0.3 is 15.0 Å². The number of fused-ring (bicyclic) bond motifs is 1. The number of methoxy groups -OCH3 is 1. The van der Waals surface area contributed by atoms with Gasteiger partial charge in [-0.1, -0.05) is 30.3 Å². The first kappa shape index (κ1) is 20.6. The molecule has 164 valence electrons. The van der Waals surface area contributed by atoms with Gasteiger partial charge in [0.15, 0.2) is 0 Å². The third-order valence-corrected chi connectivity index (χ3v) is 5.77. The summed E-state index contributed by atoms with van der Waals surface area (Å²) in [7, 11) is 1.55. The Balaban J connectivity index is 1.38. The Hall–Kier alpha value is -4.26. The Morgan fingerprint density at radius 1 is 1.03 bits per heavy atom. The van der Waals surface area contributed by atoms with Crippen molar-refractivity contribution in [1.29, 1.82) is 0 Å². The number of benzene rings is 3. The van der Waals surface area contributed by atoms with Gasteiger partial charge in [0, 0.05) is 24.2 Å². The lowest BCUT2D eigenvalue weighted by Crippen LogP contribution is -2.28. The number of para-hydroxylation sites is 3. The van der Waals surface area contributed by atoms with Crippen molar-refractivity contribution in [3.8, 4) is 17.0 Å². The van der Waals surface area contributed by atoms with Crippen molar-refractivity contribution in [3.05, 3.63) is 79.0 Å². The minimum Gasteiger partial charge on any atom is -0.495 e. The molecule has 33 heavy (non-hydrogen) atoms. The number of nitrogens with zero attached hydrogens (tertiary/aromatic N) is 3. The number of ether oxygens (including phenoxy) is 1. The van der Waals surface area contributed by atoms with Crippen molar-refractivity contribution in [2.24, 2.45) is 5.92 Å². The van der Waals surface area contributed by atoms with E-state index in [1.54, 1.807) is 24.3 Å². The first-order valence-corrected chi connectivity index (χ1v) is 10.7. The summed E-state index contributed by atoms with van der Waals surface area (Å²) in [5.74, 6) is -0.202. The zero-order valence-corrected chi connectivity index (χ0v) is 18.1. The minimum absolute atomic E-state index is 0.0616. The smallest absolute Gasteiger partial charge is 0.229 e. The SMILES string of the molecule is COc1ccc(-c2cnc3ccccc3n2)cc1NC(=O)[C@H]1CC(=O)N(c2ccccc2)C1. The fourth-order valence-corrected chi connectivity index (χ4v) is 4.04. The molecule has 5 rings (SSSR count). The van der Waals surface area contributed by atoms with Crippen LogP contribution in [0.2, 0.25) is 0 Å². The Morgan fingerprint density at radius 3 is 2.58 bits per heavy atom. The average Bonchev–Trinajstić information content (AvgIpc) is 3.26. The van der Waals surface area contributed by atoms with E-state index >= 15 is 0 Å². The van der Waals surface area contributed by atoms with Gasteiger partial charge in [-0.25, -0.2) is 4.98 Å². The van der Waals surface area contributed by atoms with Crippen molar-refractivity contribution in [1.82, 2.24) is 9.97 Å². The lowest BCUT2D eigenvalue weighted by Gasteiger charge is -2.17. The van der Waals surface area contributed by atoms with Gasteiger partial charge in [0.2, 0.25) is 11.8 Å². The van der Waals surface area contributed by atoms with Crippen LogP contribution in [0.25, 0.3) is 22.3 Å². The van der Waals surface area contributed by atoms with E-state index in [0.717, 1.165) is 22.3 Å². The van der Waals surface area contributed by atoms with E-state index in [4.69, 9.17) is 4.74 Å². The third-order valence-electron chi connectivity index (χ3n) is 5.77. The van der Waals surface area contributed by atoms with Crippen molar-refractivity contribution in [2.75, 3.05) is 23.9 Å². The van der Waals surface area contributed by atoms with Gasteiger partial charge >= 0.3 is 0 Å². The van der Waals surface area contributed by atoms with Gasteiger partial charge in [-0.05, 0) is 42.5 Å². The largest absolute Gasteiger partial charge is 0.495 e. The number of carbonyl (C=O) groups is 2. The molecule has 1 fully saturated rings. The third kappa shape index (κ3) is 4.13. The maximum absolute atomic E-state index is 13.1. The molecule has 1 saturated heterocycles. The van der Waals surface area contributed by atoms with Gasteiger partial charge in [-0.15, -0.1) is 0 Å². The molecule has 4 aromatic rings. The summed E-state index contributed by atoms with van der Waals surface area (Å²) in [4.78, 5) is 36.4. The summed E-state index contributed by atoms with van der Waals surface area (Å²) in [6, 6.07) is 22.5. The van der Waals surface area contributed by atoms with Gasteiger partial charge in [0.1, 0.15) is 5.75 Å². The van der Waals surface area contributed by atoms with Gasteiger partial charge in [-0.3, -0.25) is 14.6 Å². The van der Waals surface area contributed by atoms with Crippen LogP contribution in [-0.4, -0.2) is 35.4 Å². The molecule has 1 atom stereocenters. The van der Waals surface area contributed by atoms with E-state index in [-0.39, 0.29) is 18.2 Å². The highest BCUT2D eigenvalue weighted by molar-refractivity contribution is 6.04. The highest BCUT2D eigenvalue weighted by Gasteiger charge is 2.35. The number of carbonyl (C=O) groups excluding carboxylic acids is 2. The van der Waals surface area contributed by atoms with Crippen LogP contribution in [0, 0.1) is 5.92 Å². The number of hydrogen-bond acceptors (Lipinski definition) is 5. The quantitative estimate of drug-likeness (QED) is 0.502. The molecule has 7 nitrogen and oxygen atoms in total. The monoisotopic (exact) mass is 438 g/mol. The number of aromatic nitrogens is 2. The highest BCUT2D eigenvalue weighted by Crippen LogP contribution is 2.32. The predicted octanol–water partition coefficient (Wildman–Crippen LogP) is 4.30. The van der Waals surface area contributed by atoms with Crippen molar-refractivity contribution in [3.63, 3.8) is 0 Å². The van der Waals surface area contributed by atoms with Crippen LogP contribution in [0.5, 0.6) is 5.75 Å². The van der Waals surface area contributed by atoms with Crippen LogP contribution in [0.1, 0.15) is 6.42 Å². The molecule has 1 aromatic heterocycles. The van der Waals surface area contributed by atoms with Crippen molar-refractivity contribution < 1.29 is 14.3 Å². The standard InChI is InChI=1S/C26H22N4O3/c1-33-24-12-11-17(23-15-27-20-9-5-6-10-21(20)28-23)13-22(24)29-26(32)18-14-25(31)30(16-18)19-7-3-2-4-8-19/h2-13,15,18H,14,16H2,1H3,(H,29,32)/t18-/m0/s1. The van der Waals surface area contributed by atoms with E-state index in [2.05, 4.69) is 15.3 Å². The molecule has 0 bridgehead atoms. The number of amides is 2. The molecule has 3 aromatic carbocycles. The highest BCUT2D eigenvalue weighted by atomic mass is 16.5. The first-order valence-electron chi connectivity index (χ1n) is 10.7. The molecule has 0 unspecified atom stereocenters. The summed E-state index contributed by atoms with van der Waals surface area (Å²) >= 11 is 0. The van der Waals surface area contributed by atoms with Crippen LogP contribution in [0.4, 0.5) is 11.4 Å². The maximum atomic E-state index is 13.1. The number of rotatable bonds is 5. The van der Waals surface area contributed by atoms with E-state index < -0.39 is 5.92 Å². The summed E-state index contributed by atoms with van der Waals surface area (Å²) < 4.78 is 5.45. The fourth-order valence-electron chi connectivity index (χ4n) is 4.04. The van der Waals surface area contributed by atoms with E-state index in [0.29, 0.717) is 23.7 Å². The average molecular weight is 438 g/mol. The molecule has 2 heterocycles. The molecule has 1 aliphatic rings. The Morgan fingerprint density at radius 2 is 1.79 bits per heavy atom. The Bertz CT molecular complexity index is 1340. The number of anilines is 2. The summed E-state index contributed by atoms with van der Waals surface area (Å²) in [5, 5.41) is 2.95. The van der Waals surface area contributed by atoms with E-state index in [1.807, 2.05) is 66.7 Å². The Kier molecular flexibility index (Phi) is 5.44. The van der Waals surface area contributed by atoms with Crippen molar-refractivity contribution >= 4 is 34.2 Å². The molecular formula is C26H22N4O3. The minimum atomic E-state index is -0.452. The maximum Gasteiger partial charge on any atom is 0.229 e. The Labute approximate surface area is 191 Å². The second kappa shape index (κ2) is 8.70. The first-order chi connectivity index (χ1) is 16.1. The number of hydrogen-bond donors (Lipinski definition) is 1. The van der Waals surface area contributed by atoms with Crippen LogP contribution in [0.3, 0.4) is 0 Å². The zero-order valence-electron chi connectivity index (χ0n) is 18.1. The molecule has 1 aliphatic heterocycles. The van der Waals surface area contributed by atoms with Crippen molar-refractivity contribution in [2.45, 2.75) is 6.42 Å². The molecule has 0 saturated carbocycles. The molecule has 7 heteroatoms. The fraction of sp³-hybridized carbons (Fsp3) is 0.154. The molecule has 0 radical (unpaired) electrons. The van der Waals surface area contributed by atoms with Crippen LogP contribution in [0.15, 0.2) is 79.0 Å². The molecular weight excluding hydrogens is 416 g/mol. The normalized spacial score (nSPS) is 15.6. The number of nitrogens with one attached hydrogen (secondary N) is 1. The second-order valence-corrected chi connectivity index (χ2v) is 7.89. The molecule has 0 aliphatic carbocycles. The summed E-state index contributed by atoms with van der Waals surface area (Å²) in [5.41, 5.74) is 4.43. The lowest BCUT2D eigenvalue weighted by molar-refractivity contribution is -0.122. The second-order valence-electron chi connectivity index (χ2n) is 7.89. The summed E-state index contributed by atoms with van der Waals surface area (Å²) in [6.07, 6.45) is 1.88. The summed E-state index contributed by atoms with van der Waals surface area (Å²) in [6.45, 7) is 0.340. The molecule has 2 amide bonds. The van der Waals surface area contributed by atoms with E-state index in [9.17, 15) is 9.59 Å². The topological polar surface area (TPSA) is 84.4 Å².